The Labute approximate surface area is 125 Å². The second-order valence-electron chi connectivity index (χ2n) is 4.86. The molecule has 0 bridgehead atoms. The van der Waals surface area contributed by atoms with Gasteiger partial charge in [-0.25, -0.2) is 13.1 Å². The summed E-state index contributed by atoms with van der Waals surface area (Å²) in [5.74, 6) is 0. The normalized spacial score (nSPS) is 13.3. The predicted octanol–water partition coefficient (Wildman–Crippen LogP) is 1.31. The first kappa shape index (κ1) is 15.7. The molecule has 0 spiro atoms. The second-order valence-corrected chi connectivity index (χ2v) is 6.62. The van der Waals surface area contributed by atoms with Gasteiger partial charge in [0.05, 0.1) is 17.1 Å². The third-order valence-electron chi connectivity index (χ3n) is 3.40. The molecular formula is C14H20N4O2S. The van der Waals surface area contributed by atoms with E-state index in [0.717, 1.165) is 17.7 Å². The van der Waals surface area contributed by atoms with Crippen molar-refractivity contribution in [1.82, 2.24) is 14.5 Å². The lowest BCUT2D eigenvalue weighted by atomic mass is 10.1. The maximum Gasteiger partial charge on any atom is 0.240 e. The Bertz CT molecular complexity index is 709. The molecule has 1 aromatic heterocycles. The van der Waals surface area contributed by atoms with Crippen LogP contribution in [0.2, 0.25) is 0 Å². The Hall–Kier alpha value is -1.70. The number of aryl methyl sites for hydroxylation is 1. The van der Waals surface area contributed by atoms with Crippen molar-refractivity contribution in [3.8, 4) is 0 Å². The molecule has 0 aliphatic carbocycles. The summed E-state index contributed by atoms with van der Waals surface area (Å²) in [5, 5.41) is 4.00. The highest BCUT2D eigenvalue weighted by molar-refractivity contribution is 7.89. The number of hydrogen-bond acceptors (Lipinski definition) is 4. The van der Waals surface area contributed by atoms with Gasteiger partial charge in [-0.05, 0) is 30.2 Å². The van der Waals surface area contributed by atoms with E-state index in [2.05, 4.69) is 9.82 Å². The standard InChI is InChI=1S/C14H20N4O2S/c1-3-14(15)11-5-4-6-13(9-11)21(19,20)17-10-12-7-8-16-18(12)2/h4-9,14,17H,3,10,15H2,1-2H3. The summed E-state index contributed by atoms with van der Waals surface area (Å²) in [7, 11) is -1.80. The van der Waals surface area contributed by atoms with Gasteiger partial charge >= 0.3 is 0 Å². The first-order valence-electron chi connectivity index (χ1n) is 6.76. The van der Waals surface area contributed by atoms with Crippen molar-refractivity contribution in [3.05, 3.63) is 47.8 Å². The Balaban J connectivity index is 2.18. The van der Waals surface area contributed by atoms with Gasteiger partial charge in [0.25, 0.3) is 0 Å². The molecule has 1 atom stereocenters. The van der Waals surface area contributed by atoms with Crippen LogP contribution in [0.1, 0.15) is 30.6 Å². The number of nitrogens with one attached hydrogen (secondary N) is 1. The van der Waals surface area contributed by atoms with Crippen molar-refractivity contribution in [2.24, 2.45) is 12.8 Å². The van der Waals surface area contributed by atoms with Crippen molar-refractivity contribution in [1.29, 1.82) is 0 Å². The van der Waals surface area contributed by atoms with Gasteiger partial charge in [-0.15, -0.1) is 0 Å². The summed E-state index contributed by atoms with van der Waals surface area (Å²) in [6.45, 7) is 2.16. The van der Waals surface area contributed by atoms with Crippen LogP contribution >= 0.6 is 0 Å². The fraction of sp³-hybridized carbons (Fsp3) is 0.357. The van der Waals surface area contributed by atoms with Gasteiger partial charge in [-0.1, -0.05) is 19.1 Å². The fourth-order valence-electron chi connectivity index (χ4n) is 1.98. The minimum absolute atomic E-state index is 0.155. The number of benzene rings is 1. The number of nitrogens with zero attached hydrogens (tertiary/aromatic N) is 2. The molecule has 21 heavy (non-hydrogen) atoms. The average molecular weight is 308 g/mol. The van der Waals surface area contributed by atoms with Crippen molar-refractivity contribution in [2.75, 3.05) is 0 Å². The minimum Gasteiger partial charge on any atom is -0.324 e. The highest BCUT2D eigenvalue weighted by Gasteiger charge is 2.16. The van der Waals surface area contributed by atoms with Crippen LogP contribution in [-0.4, -0.2) is 18.2 Å². The van der Waals surface area contributed by atoms with Crippen molar-refractivity contribution >= 4 is 10.0 Å². The molecule has 3 N–H and O–H groups in total. The van der Waals surface area contributed by atoms with Gasteiger partial charge in [0, 0.05) is 19.3 Å². The highest BCUT2D eigenvalue weighted by Crippen LogP contribution is 2.18. The summed E-state index contributed by atoms with van der Waals surface area (Å²) < 4.78 is 28.8. The average Bonchev–Trinajstić information content (AvgIpc) is 2.90. The van der Waals surface area contributed by atoms with E-state index in [1.807, 2.05) is 13.0 Å². The van der Waals surface area contributed by atoms with E-state index >= 15 is 0 Å². The van der Waals surface area contributed by atoms with Crippen LogP contribution in [0.25, 0.3) is 0 Å². The molecule has 2 rings (SSSR count). The molecule has 1 aromatic carbocycles. The van der Waals surface area contributed by atoms with Gasteiger partial charge in [-0.3, -0.25) is 4.68 Å². The SMILES string of the molecule is CCC(N)c1cccc(S(=O)(=O)NCc2ccnn2C)c1. The summed E-state index contributed by atoms with van der Waals surface area (Å²) >= 11 is 0. The monoisotopic (exact) mass is 308 g/mol. The van der Waals surface area contributed by atoms with Crippen LogP contribution in [0.4, 0.5) is 0 Å². The summed E-state index contributed by atoms with van der Waals surface area (Å²) in [6.07, 6.45) is 2.39. The topological polar surface area (TPSA) is 90.0 Å². The largest absolute Gasteiger partial charge is 0.324 e. The number of rotatable bonds is 6. The lowest BCUT2D eigenvalue weighted by molar-refractivity contribution is 0.576. The van der Waals surface area contributed by atoms with Gasteiger partial charge < -0.3 is 5.73 Å². The molecule has 0 radical (unpaired) electrons. The van der Waals surface area contributed by atoms with E-state index in [0.29, 0.717) is 0 Å². The van der Waals surface area contributed by atoms with Crippen molar-refractivity contribution < 1.29 is 8.42 Å². The first-order chi connectivity index (χ1) is 9.94. The number of hydrogen-bond donors (Lipinski definition) is 2. The smallest absolute Gasteiger partial charge is 0.240 e. The fourth-order valence-corrected chi connectivity index (χ4v) is 3.03. The molecule has 0 amide bonds. The van der Waals surface area contributed by atoms with Crippen molar-refractivity contribution in [3.63, 3.8) is 0 Å². The predicted molar refractivity (Wildman–Crippen MR) is 80.9 cm³/mol. The van der Waals surface area contributed by atoms with Crippen LogP contribution in [0.3, 0.4) is 0 Å². The lowest BCUT2D eigenvalue weighted by Gasteiger charge is -2.12. The number of nitrogens with two attached hydrogens (primary N) is 1. The summed E-state index contributed by atoms with van der Waals surface area (Å²) in [4.78, 5) is 0.228. The van der Waals surface area contributed by atoms with Gasteiger partial charge in [0.1, 0.15) is 0 Å². The molecular weight excluding hydrogens is 288 g/mol. The molecule has 2 aromatic rings. The van der Waals surface area contributed by atoms with Crippen LogP contribution in [-0.2, 0) is 23.6 Å². The molecule has 0 fully saturated rings. The Morgan fingerprint density at radius 2 is 2.14 bits per heavy atom. The Kier molecular flexibility index (Phi) is 4.76. The molecule has 1 heterocycles. The molecule has 7 heteroatoms. The van der Waals surface area contributed by atoms with E-state index in [4.69, 9.17) is 5.73 Å². The molecule has 0 aliphatic heterocycles. The first-order valence-corrected chi connectivity index (χ1v) is 8.24. The minimum atomic E-state index is -3.56. The van der Waals surface area contributed by atoms with Crippen LogP contribution in [0.5, 0.6) is 0 Å². The van der Waals surface area contributed by atoms with E-state index in [1.165, 1.54) is 0 Å². The maximum absolute atomic E-state index is 12.3. The molecule has 6 nitrogen and oxygen atoms in total. The summed E-state index contributed by atoms with van der Waals surface area (Å²) in [5.41, 5.74) is 7.56. The van der Waals surface area contributed by atoms with Gasteiger partial charge in [-0.2, -0.15) is 5.10 Å². The zero-order chi connectivity index (χ0) is 15.5. The molecule has 1 unspecified atom stereocenters. The van der Waals surface area contributed by atoms with Gasteiger partial charge in [0.2, 0.25) is 10.0 Å². The second kappa shape index (κ2) is 6.38. The highest BCUT2D eigenvalue weighted by atomic mass is 32.2. The Morgan fingerprint density at radius 1 is 1.38 bits per heavy atom. The quantitative estimate of drug-likeness (QED) is 0.842. The molecule has 0 saturated carbocycles. The Morgan fingerprint density at radius 3 is 2.76 bits per heavy atom. The molecule has 0 aliphatic rings. The van der Waals surface area contributed by atoms with Crippen LogP contribution in [0.15, 0.2) is 41.4 Å². The van der Waals surface area contributed by atoms with Gasteiger partial charge in [0.15, 0.2) is 0 Å². The summed E-state index contributed by atoms with van der Waals surface area (Å²) in [6, 6.07) is 8.36. The molecule has 0 saturated heterocycles. The van der Waals surface area contributed by atoms with E-state index in [9.17, 15) is 8.42 Å². The zero-order valence-electron chi connectivity index (χ0n) is 12.2. The van der Waals surface area contributed by atoms with Crippen LogP contribution in [0, 0.1) is 0 Å². The molecule has 114 valence electrons. The van der Waals surface area contributed by atoms with Crippen molar-refractivity contribution in [2.45, 2.75) is 30.8 Å². The maximum atomic E-state index is 12.3. The number of aromatic nitrogens is 2. The van der Waals surface area contributed by atoms with E-state index in [-0.39, 0.29) is 17.5 Å². The van der Waals surface area contributed by atoms with Crippen LogP contribution < -0.4 is 10.5 Å². The zero-order valence-corrected chi connectivity index (χ0v) is 13.0. The lowest BCUT2D eigenvalue weighted by Crippen LogP contribution is -2.24. The third-order valence-corrected chi connectivity index (χ3v) is 4.80. The van der Waals surface area contributed by atoms with E-state index in [1.54, 1.807) is 42.2 Å². The van der Waals surface area contributed by atoms with E-state index < -0.39 is 10.0 Å². The number of sulfonamides is 1. The third kappa shape index (κ3) is 3.69.